The van der Waals surface area contributed by atoms with Crippen LogP contribution in [0, 0.1) is 0 Å². The van der Waals surface area contributed by atoms with E-state index in [1.165, 1.54) is 0 Å². The molecule has 15 heavy (non-hydrogen) atoms. The molecule has 9 heteroatoms. The van der Waals surface area contributed by atoms with E-state index in [1.54, 1.807) is 0 Å². The highest BCUT2D eigenvalue weighted by Crippen LogP contribution is 2.36. The lowest BCUT2D eigenvalue weighted by atomic mass is 9.96. The van der Waals surface area contributed by atoms with Crippen molar-refractivity contribution in [2.24, 2.45) is 0 Å². The monoisotopic (exact) mass is 237 g/mol. The number of hydrogen-bond donors (Lipinski definition) is 4. The minimum atomic E-state index is -3.62. The third-order valence-electron chi connectivity index (χ3n) is 1.82. The first-order valence-electron chi connectivity index (χ1n) is 4.27. The highest BCUT2D eigenvalue weighted by molar-refractivity contribution is 7.51. The van der Waals surface area contributed by atoms with Crippen LogP contribution in [0.1, 0.15) is 0 Å². The Labute approximate surface area is 88.3 Å². The number of aliphatic hydroxyl groups is 2. The average molecular weight is 237 g/mol. The maximum absolute atomic E-state index is 10.8. The van der Waals surface area contributed by atoms with Gasteiger partial charge < -0.3 is 24.4 Å². The van der Waals surface area contributed by atoms with Gasteiger partial charge in [0.25, 0.3) is 0 Å². The van der Waals surface area contributed by atoms with E-state index < -0.39 is 32.2 Å². The second kappa shape index (κ2) is 4.92. The lowest BCUT2D eigenvalue weighted by molar-refractivity contribution is -0.170. The third-order valence-corrected chi connectivity index (χ3v) is 2.44. The molecule has 0 aromatic rings. The van der Waals surface area contributed by atoms with E-state index in [4.69, 9.17) is 22.6 Å². The summed E-state index contributed by atoms with van der Waals surface area (Å²) in [6, 6.07) is -1.02. The summed E-state index contributed by atoms with van der Waals surface area (Å²) in [5.41, 5.74) is 0. The van der Waals surface area contributed by atoms with Gasteiger partial charge in [0, 0.05) is 6.66 Å². The molecule has 7 nitrogen and oxygen atoms in total. The molecule has 0 aromatic heterocycles. The van der Waals surface area contributed by atoms with Gasteiger partial charge in [-0.05, 0) is 0 Å². The van der Waals surface area contributed by atoms with E-state index in [0.29, 0.717) is 0 Å². The summed E-state index contributed by atoms with van der Waals surface area (Å²) in [6.07, 6.45) is -3.28. The topological polar surface area (TPSA) is 108 Å². The molecule has 1 rings (SSSR count). The van der Waals surface area contributed by atoms with Crippen molar-refractivity contribution in [1.29, 1.82) is 0 Å². The minimum absolute atomic E-state index is 0.293. The normalized spacial score (nSPS) is 41.1. The van der Waals surface area contributed by atoms with Gasteiger partial charge in [0.15, 0.2) is 0 Å². The van der Waals surface area contributed by atoms with Gasteiger partial charge in [-0.15, -0.1) is 0 Å². The van der Waals surface area contributed by atoms with Crippen LogP contribution >= 0.6 is 7.60 Å². The van der Waals surface area contributed by atoms with E-state index >= 15 is 0 Å². The van der Waals surface area contributed by atoms with Crippen molar-refractivity contribution in [1.82, 2.24) is 5.32 Å². The first-order chi connectivity index (χ1) is 6.79. The largest absolute Gasteiger partial charge is 0.377 e. The predicted molar refractivity (Wildman–Crippen MR) is 51.3 cm³/mol. The van der Waals surface area contributed by atoms with E-state index in [1.807, 2.05) is 0 Å². The maximum atomic E-state index is 10.8. The van der Waals surface area contributed by atoms with Crippen LogP contribution in [0.5, 0.6) is 0 Å². The molecular formula is C6H13BNO6P. The quantitative estimate of drug-likeness (QED) is 0.330. The number of hydrogen-bond acceptors (Lipinski definition) is 6. The van der Waals surface area contributed by atoms with Gasteiger partial charge >= 0.3 is 7.60 Å². The first-order valence-corrected chi connectivity index (χ1v) is 6.30. The summed E-state index contributed by atoms with van der Waals surface area (Å²) in [5.74, 6) is 0. The van der Waals surface area contributed by atoms with Gasteiger partial charge in [0.2, 0.25) is 0 Å². The standard InChI is InChI=1S/C6H13BNO6P/c1-15(11,12)13-2-3-5(9)8-6(10)4(7)14-3/h3-6,8-10H,2H2,1H3,(H,11,12). The number of ether oxygens (including phenoxy) is 1. The minimum Gasteiger partial charge on any atom is -0.377 e. The molecule has 1 fully saturated rings. The smallest absolute Gasteiger partial charge is 0.325 e. The van der Waals surface area contributed by atoms with Crippen molar-refractivity contribution in [3.8, 4) is 0 Å². The van der Waals surface area contributed by atoms with Gasteiger partial charge in [0.1, 0.15) is 26.4 Å². The highest BCUT2D eigenvalue weighted by atomic mass is 31.2. The third kappa shape index (κ3) is 4.20. The van der Waals surface area contributed by atoms with Crippen molar-refractivity contribution in [3.05, 3.63) is 0 Å². The molecule has 1 aliphatic heterocycles. The lowest BCUT2D eigenvalue weighted by Crippen LogP contribution is -2.60. The summed E-state index contributed by atoms with van der Waals surface area (Å²) in [4.78, 5) is 8.85. The Morgan fingerprint density at radius 1 is 1.53 bits per heavy atom. The maximum Gasteiger partial charge on any atom is 0.325 e. The summed E-state index contributed by atoms with van der Waals surface area (Å²) in [5, 5.41) is 20.8. The van der Waals surface area contributed by atoms with Crippen molar-refractivity contribution in [3.63, 3.8) is 0 Å². The number of morpholine rings is 1. The second-order valence-corrected chi connectivity index (χ2v) is 5.16. The molecular weight excluding hydrogens is 224 g/mol. The van der Waals surface area contributed by atoms with Crippen molar-refractivity contribution in [2.45, 2.75) is 24.6 Å². The Bertz CT molecular complexity index is 260. The van der Waals surface area contributed by atoms with Crippen LogP contribution in [0.2, 0.25) is 0 Å². The van der Waals surface area contributed by atoms with Gasteiger partial charge in [-0.25, -0.2) is 0 Å². The molecule has 1 heterocycles. The van der Waals surface area contributed by atoms with Crippen LogP contribution in [-0.2, 0) is 13.8 Å². The van der Waals surface area contributed by atoms with Gasteiger partial charge in [-0.3, -0.25) is 9.88 Å². The van der Waals surface area contributed by atoms with Crippen molar-refractivity contribution >= 4 is 15.4 Å². The fourth-order valence-corrected chi connectivity index (χ4v) is 1.49. The van der Waals surface area contributed by atoms with Crippen LogP contribution in [0.4, 0.5) is 0 Å². The molecule has 0 bridgehead atoms. The predicted octanol–water partition coefficient (Wildman–Crippen LogP) is -2.06. The van der Waals surface area contributed by atoms with Crippen molar-refractivity contribution in [2.75, 3.05) is 13.3 Å². The van der Waals surface area contributed by atoms with E-state index in [-0.39, 0.29) is 6.61 Å². The Hall–Kier alpha value is 0.0549. The number of aliphatic hydroxyl groups excluding tert-OH is 2. The molecule has 0 aliphatic carbocycles. The zero-order valence-corrected chi connectivity index (χ0v) is 9.00. The van der Waals surface area contributed by atoms with Crippen LogP contribution in [0.3, 0.4) is 0 Å². The van der Waals surface area contributed by atoms with E-state index in [9.17, 15) is 9.67 Å². The second-order valence-electron chi connectivity index (χ2n) is 3.29. The molecule has 5 unspecified atom stereocenters. The molecule has 0 aromatic carbocycles. The van der Waals surface area contributed by atoms with Crippen LogP contribution in [-0.4, -0.2) is 60.8 Å². The fourth-order valence-electron chi connectivity index (χ4n) is 1.07. The van der Waals surface area contributed by atoms with Gasteiger partial charge in [-0.2, -0.15) is 0 Å². The molecule has 4 N–H and O–H groups in total. The van der Waals surface area contributed by atoms with E-state index in [2.05, 4.69) is 9.84 Å². The van der Waals surface area contributed by atoms with Crippen LogP contribution in [0.25, 0.3) is 0 Å². The SMILES string of the molecule is [B]C1OC(COP(C)(=O)O)C(O)NC1O. The Morgan fingerprint density at radius 2 is 2.13 bits per heavy atom. The van der Waals surface area contributed by atoms with Crippen LogP contribution < -0.4 is 5.32 Å². The Morgan fingerprint density at radius 3 is 2.67 bits per heavy atom. The van der Waals surface area contributed by atoms with Crippen molar-refractivity contribution < 1.29 is 28.9 Å². The van der Waals surface area contributed by atoms with Gasteiger partial charge in [0.05, 0.1) is 12.6 Å². The number of rotatable bonds is 3. The molecule has 1 saturated heterocycles. The molecule has 2 radical (unpaired) electrons. The summed E-state index contributed by atoms with van der Waals surface area (Å²) >= 11 is 0. The Balaban J connectivity index is 2.45. The average Bonchev–Trinajstić information content (AvgIpc) is 2.07. The van der Waals surface area contributed by atoms with Crippen LogP contribution in [0.15, 0.2) is 0 Å². The molecule has 1 aliphatic rings. The molecule has 0 spiro atoms. The fraction of sp³-hybridized carbons (Fsp3) is 1.00. The summed E-state index contributed by atoms with van der Waals surface area (Å²) < 4.78 is 20.3. The number of nitrogens with one attached hydrogen (secondary N) is 1. The zero-order chi connectivity index (χ0) is 11.6. The molecule has 86 valence electrons. The van der Waals surface area contributed by atoms with Gasteiger partial charge in [-0.1, -0.05) is 0 Å². The highest BCUT2D eigenvalue weighted by Gasteiger charge is 2.33. The first kappa shape index (κ1) is 13.1. The molecule has 0 amide bonds. The van der Waals surface area contributed by atoms with E-state index in [0.717, 1.165) is 6.66 Å². The summed E-state index contributed by atoms with van der Waals surface area (Å²) in [7, 11) is 1.72. The molecule has 0 saturated carbocycles. The zero-order valence-electron chi connectivity index (χ0n) is 8.11. The Kier molecular flexibility index (Phi) is 4.31. The lowest BCUT2D eigenvalue weighted by Gasteiger charge is -2.36. The summed E-state index contributed by atoms with van der Waals surface area (Å²) in [6.45, 7) is 0.725. The molecule has 5 atom stereocenters.